The molecule has 1 fully saturated rings. The SMILES string of the molecule is Nc1ncnc2c1nc1n2[C@@H]2O[C@H](CO)[C@H](O)[C@H]2O1. The maximum atomic E-state index is 9.97. The first-order chi connectivity index (χ1) is 9.20. The second-order valence-corrected chi connectivity index (χ2v) is 4.52. The van der Waals surface area contributed by atoms with Crippen LogP contribution in [0.2, 0.25) is 0 Å². The first kappa shape index (κ1) is 10.9. The maximum Gasteiger partial charge on any atom is 0.301 e. The number of fused-ring (bicyclic) bond motifs is 5. The predicted molar refractivity (Wildman–Crippen MR) is 61.2 cm³/mol. The molecule has 19 heavy (non-hydrogen) atoms. The molecule has 2 aromatic rings. The molecule has 0 saturated carbocycles. The number of ether oxygens (including phenoxy) is 2. The number of anilines is 1. The van der Waals surface area contributed by atoms with Crippen molar-refractivity contribution < 1.29 is 19.7 Å². The molecule has 4 N–H and O–H groups in total. The molecule has 100 valence electrons. The average molecular weight is 265 g/mol. The predicted octanol–water partition coefficient (Wildman–Crippen LogP) is -1.58. The summed E-state index contributed by atoms with van der Waals surface area (Å²) in [5.74, 6) is 0.254. The van der Waals surface area contributed by atoms with Gasteiger partial charge >= 0.3 is 6.01 Å². The molecule has 0 amide bonds. The number of nitrogens with zero attached hydrogens (tertiary/aromatic N) is 4. The van der Waals surface area contributed by atoms with Crippen LogP contribution in [0.25, 0.3) is 11.2 Å². The summed E-state index contributed by atoms with van der Waals surface area (Å²) in [7, 11) is 0. The Morgan fingerprint density at radius 1 is 1.42 bits per heavy atom. The van der Waals surface area contributed by atoms with E-state index in [1.807, 2.05) is 0 Å². The highest BCUT2D eigenvalue weighted by Gasteiger charge is 2.52. The van der Waals surface area contributed by atoms with E-state index >= 15 is 0 Å². The van der Waals surface area contributed by atoms with Crippen LogP contribution >= 0.6 is 0 Å². The highest BCUT2D eigenvalue weighted by atomic mass is 16.6. The second-order valence-electron chi connectivity index (χ2n) is 4.52. The molecular weight excluding hydrogens is 254 g/mol. The summed E-state index contributed by atoms with van der Waals surface area (Å²) in [6.45, 7) is -0.281. The van der Waals surface area contributed by atoms with Crippen molar-refractivity contribution in [3.63, 3.8) is 0 Å². The van der Waals surface area contributed by atoms with E-state index in [4.69, 9.17) is 20.3 Å². The van der Waals surface area contributed by atoms with Crippen LogP contribution in [-0.4, -0.2) is 54.7 Å². The normalized spacial score (nSPS) is 32.3. The van der Waals surface area contributed by atoms with Crippen molar-refractivity contribution in [3.05, 3.63) is 6.33 Å². The van der Waals surface area contributed by atoms with Crippen LogP contribution in [0.3, 0.4) is 0 Å². The van der Waals surface area contributed by atoms with Crippen molar-refractivity contribution in [1.29, 1.82) is 0 Å². The summed E-state index contributed by atoms with van der Waals surface area (Å²) < 4.78 is 12.8. The molecule has 0 radical (unpaired) electrons. The van der Waals surface area contributed by atoms with Gasteiger partial charge in [-0.25, -0.2) is 14.5 Å². The zero-order valence-electron chi connectivity index (χ0n) is 9.67. The number of hydrogen-bond donors (Lipinski definition) is 3. The van der Waals surface area contributed by atoms with Crippen LogP contribution in [0.15, 0.2) is 6.33 Å². The minimum Gasteiger partial charge on any atom is -0.454 e. The van der Waals surface area contributed by atoms with Crippen LogP contribution in [0.1, 0.15) is 6.23 Å². The Kier molecular flexibility index (Phi) is 2.03. The van der Waals surface area contributed by atoms with Gasteiger partial charge in [0.15, 0.2) is 29.3 Å². The monoisotopic (exact) mass is 265 g/mol. The van der Waals surface area contributed by atoms with Crippen LogP contribution in [0.5, 0.6) is 6.01 Å². The highest BCUT2D eigenvalue weighted by Crippen LogP contribution is 2.42. The third-order valence-electron chi connectivity index (χ3n) is 3.46. The number of nitrogen functional groups attached to an aromatic ring is 1. The van der Waals surface area contributed by atoms with E-state index in [2.05, 4.69) is 15.0 Å². The fraction of sp³-hybridized carbons (Fsp3) is 0.500. The molecule has 0 aromatic carbocycles. The van der Waals surface area contributed by atoms with Gasteiger partial charge in [-0.3, -0.25) is 0 Å². The summed E-state index contributed by atoms with van der Waals surface area (Å²) in [5.41, 5.74) is 6.64. The van der Waals surface area contributed by atoms with Gasteiger partial charge in [0, 0.05) is 0 Å². The molecule has 4 atom stereocenters. The number of rotatable bonds is 1. The largest absolute Gasteiger partial charge is 0.454 e. The number of hydrogen-bond acceptors (Lipinski definition) is 8. The molecule has 0 aliphatic carbocycles. The quantitative estimate of drug-likeness (QED) is 0.563. The standard InChI is InChI=1S/C10H11N5O4/c11-7-4-8(13-2-12-7)15-9-6(19-10(15)14-4)5(17)3(1-16)18-9/h2-3,5-6,9,16-17H,1H2,(H2,11,12,13)/t3-,5+,6-,9-/m1/s1. The molecule has 9 nitrogen and oxygen atoms in total. The Labute approximate surface area is 106 Å². The Morgan fingerprint density at radius 3 is 3.05 bits per heavy atom. The molecule has 2 aliphatic heterocycles. The third kappa shape index (κ3) is 1.26. The van der Waals surface area contributed by atoms with E-state index < -0.39 is 24.5 Å². The minimum atomic E-state index is -0.911. The number of imidazole rings is 1. The molecule has 4 heterocycles. The Balaban J connectivity index is 1.86. The summed E-state index contributed by atoms with van der Waals surface area (Å²) in [6.07, 6.45) is -1.43. The van der Waals surface area contributed by atoms with Gasteiger partial charge in [0.05, 0.1) is 6.61 Å². The van der Waals surface area contributed by atoms with Crippen molar-refractivity contribution in [1.82, 2.24) is 19.5 Å². The minimum absolute atomic E-state index is 0.254. The van der Waals surface area contributed by atoms with E-state index in [1.165, 1.54) is 6.33 Å². The van der Waals surface area contributed by atoms with Gasteiger partial charge in [-0.2, -0.15) is 4.98 Å². The summed E-state index contributed by atoms with van der Waals surface area (Å²) in [5, 5.41) is 19.1. The summed E-state index contributed by atoms with van der Waals surface area (Å²) in [4.78, 5) is 12.2. The molecule has 0 unspecified atom stereocenters. The number of nitrogens with two attached hydrogens (primary N) is 1. The first-order valence-corrected chi connectivity index (χ1v) is 5.80. The van der Waals surface area contributed by atoms with Crippen LogP contribution in [0, 0.1) is 0 Å². The van der Waals surface area contributed by atoms with Gasteiger partial charge in [0.25, 0.3) is 0 Å². The lowest BCUT2D eigenvalue weighted by Crippen LogP contribution is -2.34. The lowest BCUT2D eigenvalue weighted by atomic mass is 10.1. The Bertz CT molecular complexity index is 659. The zero-order chi connectivity index (χ0) is 13.1. The highest BCUT2D eigenvalue weighted by molar-refractivity contribution is 5.82. The molecule has 0 bridgehead atoms. The molecule has 0 spiro atoms. The van der Waals surface area contributed by atoms with Gasteiger partial charge in [-0.05, 0) is 0 Å². The Hall–Kier alpha value is -1.97. The van der Waals surface area contributed by atoms with E-state index in [0.29, 0.717) is 11.2 Å². The van der Waals surface area contributed by atoms with Crippen molar-refractivity contribution >= 4 is 17.0 Å². The van der Waals surface area contributed by atoms with E-state index in [-0.39, 0.29) is 18.4 Å². The van der Waals surface area contributed by atoms with Gasteiger partial charge in [-0.1, -0.05) is 0 Å². The molecule has 2 aromatic heterocycles. The second kappa shape index (κ2) is 3.53. The van der Waals surface area contributed by atoms with Gasteiger partial charge in [-0.15, -0.1) is 0 Å². The fourth-order valence-electron chi connectivity index (χ4n) is 2.54. The fourth-order valence-corrected chi connectivity index (χ4v) is 2.54. The maximum absolute atomic E-state index is 9.97. The van der Waals surface area contributed by atoms with Crippen molar-refractivity contribution in [2.45, 2.75) is 24.5 Å². The van der Waals surface area contributed by atoms with Crippen molar-refractivity contribution in [3.8, 4) is 6.01 Å². The molecule has 2 aliphatic rings. The number of aliphatic hydroxyl groups is 2. The lowest BCUT2D eigenvalue weighted by molar-refractivity contribution is -0.0419. The summed E-state index contributed by atoms with van der Waals surface area (Å²) in [6, 6.07) is 0.285. The van der Waals surface area contributed by atoms with E-state index in [0.717, 1.165) is 0 Å². The zero-order valence-corrected chi connectivity index (χ0v) is 9.67. The smallest absolute Gasteiger partial charge is 0.301 e. The number of aromatic nitrogens is 4. The lowest BCUT2D eigenvalue weighted by Gasteiger charge is -2.13. The molecule has 9 heteroatoms. The van der Waals surface area contributed by atoms with E-state index in [1.54, 1.807) is 4.57 Å². The molecular formula is C10H11N5O4. The van der Waals surface area contributed by atoms with Crippen LogP contribution in [0.4, 0.5) is 5.82 Å². The third-order valence-corrected chi connectivity index (χ3v) is 3.46. The first-order valence-electron chi connectivity index (χ1n) is 5.80. The molecule has 4 rings (SSSR count). The number of aliphatic hydroxyl groups excluding tert-OH is 2. The molecule has 1 saturated heterocycles. The van der Waals surface area contributed by atoms with Crippen molar-refractivity contribution in [2.75, 3.05) is 12.3 Å². The van der Waals surface area contributed by atoms with Gasteiger partial charge in [0.2, 0.25) is 0 Å². The van der Waals surface area contributed by atoms with Gasteiger partial charge < -0.3 is 25.4 Å². The van der Waals surface area contributed by atoms with Crippen molar-refractivity contribution in [2.24, 2.45) is 0 Å². The van der Waals surface area contributed by atoms with E-state index in [9.17, 15) is 5.11 Å². The topological polar surface area (TPSA) is 129 Å². The summed E-state index contributed by atoms with van der Waals surface area (Å²) >= 11 is 0. The van der Waals surface area contributed by atoms with Crippen LogP contribution < -0.4 is 10.5 Å². The van der Waals surface area contributed by atoms with Gasteiger partial charge in [0.1, 0.15) is 18.5 Å². The average Bonchev–Trinajstić information content (AvgIpc) is 3.00. The Morgan fingerprint density at radius 2 is 2.26 bits per heavy atom. The van der Waals surface area contributed by atoms with Crippen LogP contribution in [-0.2, 0) is 4.74 Å².